The minimum Gasteiger partial charge on any atom is -0.490 e. The molecule has 1 heterocycles. The molecule has 0 radical (unpaired) electrons. The Labute approximate surface area is 159 Å². The van der Waals surface area contributed by atoms with Crippen LogP contribution in [0.4, 0.5) is 11.4 Å². The maximum Gasteiger partial charge on any atom is 0.261 e. The summed E-state index contributed by atoms with van der Waals surface area (Å²) < 4.78 is 44.9. The number of benzene rings is 2. The molecular weight excluding hydrogens is 368 g/mol. The minimum atomic E-state index is -3.76. The van der Waals surface area contributed by atoms with Gasteiger partial charge in [-0.25, -0.2) is 8.42 Å². The van der Waals surface area contributed by atoms with Gasteiger partial charge in [0.1, 0.15) is 12.4 Å². The summed E-state index contributed by atoms with van der Waals surface area (Å²) in [7, 11) is -1.85. The van der Waals surface area contributed by atoms with Gasteiger partial charge in [-0.3, -0.25) is 4.72 Å². The van der Waals surface area contributed by atoms with Crippen molar-refractivity contribution < 1.29 is 22.6 Å². The molecule has 2 aromatic carbocycles. The third kappa shape index (κ3) is 4.21. The topological polar surface area (TPSA) is 77.1 Å². The molecule has 27 heavy (non-hydrogen) atoms. The molecule has 0 aliphatic carbocycles. The predicted octanol–water partition coefficient (Wildman–Crippen LogP) is 3.11. The third-order valence-electron chi connectivity index (χ3n) is 4.13. The van der Waals surface area contributed by atoms with Crippen LogP contribution in [0.25, 0.3) is 0 Å². The van der Waals surface area contributed by atoms with Crippen molar-refractivity contribution in [2.75, 3.05) is 43.0 Å². The van der Waals surface area contributed by atoms with Gasteiger partial charge in [-0.2, -0.15) is 0 Å². The van der Waals surface area contributed by atoms with E-state index in [2.05, 4.69) is 4.72 Å². The quantitative estimate of drug-likeness (QED) is 0.780. The SMILES string of the molecule is CCOc1ccc(NS(=O)(=O)c2ccc3c(c2)N(C)CCO3)cc1OCC. The molecular formula is C19H24N2O5S. The molecule has 0 bridgehead atoms. The number of hydrogen-bond donors (Lipinski definition) is 1. The zero-order valence-electron chi connectivity index (χ0n) is 15.7. The van der Waals surface area contributed by atoms with Crippen molar-refractivity contribution in [3.63, 3.8) is 0 Å². The summed E-state index contributed by atoms with van der Waals surface area (Å²) in [5.74, 6) is 1.76. The first-order valence-corrected chi connectivity index (χ1v) is 10.3. The fraction of sp³-hybridized carbons (Fsp3) is 0.368. The van der Waals surface area contributed by atoms with Crippen LogP contribution in [-0.2, 0) is 10.0 Å². The standard InChI is InChI=1S/C19H24N2O5S/c1-4-24-18-8-6-14(12-19(18)25-5-2)20-27(22,23)15-7-9-17-16(13-15)21(3)10-11-26-17/h6-9,12-13,20H,4-5,10-11H2,1-3H3. The van der Waals surface area contributed by atoms with Gasteiger partial charge in [0.2, 0.25) is 0 Å². The first kappa shape index (κ1) is 19.2. The predicted molar refractivity (Wildman–Crippen MR) is 105 cm³/mol. The number of anilines is 2. The number of nitrogens with one attached hydrogen (secondary N) is 1. The van der Waals surface area contributed by atoms with Crippen molar-refractivity contribution in [3.8, 4) is 17.2 Å². The summed E-state index contributed by atoms with van der Waals surface area (Å²) in [6, 6.07) is 9.82. The highest BCUT2D eigenvalue weighted by atomic mass is 32.2. The highest BCUT2D eigenvalue weighted by Crippen LogP contribution is 2.34. The lowest BCUT2D eigenvalue weighted by molar-refractivity contribution is 0.288. The molecule has 0 aromatic heterocycles. The zero-order valence-corrected chi connectivity index (χ0v) is 16.5. The van der Waals surface area contributed by atoms with Gasteiger partial charge in [-0.05, 0) is 44.2 Å². The van der Waals surface area contributed by atoms with E-state index < -0.39 is 10.0 Å². The van der Waals surface area contributed by atoms with Gasteiger partial charge in [0.15, 0.2) is 11.5 Å². The van der Waals surface area contributed by atoms with Crippen LogP contribution in [0.3, 0.4) is 0 Å². The largest absolute Gasteiger partial charge is 0.490 e. The number of likely N-dealkylation sites (N-methyl/N-ethyl adjacent to an activating group) is 1. The Morgan fingerprint density at radius 2 is 1.81 bits per heavy atom. The Morgan fingerprint density at radius 1 is 1.07 bits per heavy atom. The molecule has 0 amide bonds. The van der Waals surface area contributed by atoms with Crippen LogP contribution in [0.2, 0.25) is 0 Å². The van der Waals surface area contributed by atoms with Crippen LogP contribution < -0.4 is 23.8 Å². The molecule has 7 nitrogen and oxygen atoms in total. The number of ether oxygens (including phenoxy) is 3. The lowest BCUT2D eigenvalue weighted by Crippen LogP contribution is -2.29. The summed E-state index contributed by atoms with van der Waals surface area (Å²) >= 11 is 0. The summed E-state index contributed by atoms with van der Waals surface area (Å²) in [4.78, 5) is 2.15. The second-order valence-corrected chi connectivity index (χ2v) is 7.71. The van der Waals surface area contributed by atoms with Crippen molar-refractivity contribution in [1.29, 1.82) is 0 Å². The van der Waals surface area contributed by atoms with Gasteiger partial charge in [0.05, 0.1) is 36.0 Å². The number of fused-ring (bicyclic) bond motifs is 1. The molecule has 0 fully saturated rings. The molecule has 3 rings (SSSR count). The number of hydrogen-bond acceptors (Lipinski definition) is 6. The van der Waals surface area contributed by atoms with Crippen LogP contribution in [-0.4, -0.2) is 41.8 Å². The highest BCUT2D eigenvalue weighted by Gasteiger charge is 2.21. The van der Waals surface area contributed by atoms with Crippen molar-refractivity contribution in [2.24, 2.45) is 0 Å². The van der Waals surface area contributed by atoms with Crippen LogP contribution >= 0.6 is 0 Å². The Hall–Kier alpha value is -2.61. The Kier molecular flexibility index (Phi) is 5.65. The number of rotatable bonds is 7. The van der Waals surface area contributed by atoms with Gasteiger partial charge >= 0.3 is 0 Å². The molecule has 0 unspecified atom stereocenters. The van der Waals surface area contributed by atoms with Crippen LogP contribution in [0.15, 0.2) is 41.3 Å². The van der Waals surface area contributed by atoms with E-state index in [1.54, 1.807) is 36.4 Å². The van der Waals surface area contributed by atoms with E-state index in [9.17, 15) is 8.42 Å². The molecule has 0 spiro atoms. The Balaban J connectivity index is 1.88. The van der Waals surface area contributed by atoms with Crippen molar-refractivity contribution in [2.45, 2.75) is 18.7 Å². The monoisotopic (exact) mass is 392 g/mol. The van der Waals surface area contributed by atoms with Crippen molar-refractivity contribution >= 4 is 21.4 Å². The van der Waals surface area contributed by atoms with Gasteiger partial charge in [-0.1, -0.05) is 0 Å². The smallest absolute Gasteiger partial charge is 0.261 e. The number of sulfonamides is 1. The summed E-state index contributed by atoms with van der Waals surface area (Å²) in [6.07, 6.45) is 0. The average molecular weight is 392 g/mol. The highest BCUT2D eigenvalue weighted by molar-refractivity contribution is 7.92. The van der Waals surface area contributed by atoms with Gasteiger partial charge in [-0.15, -0.1) is 0 Å². The lowest BCUT2D eigenvalue weighted by atomic mass is 10.2. The third-order valence-corrected chi connectivity index (χ3v) is 5.51. The first-order valence-electron chi connectivity index (χ1n) is 8.85. The summed E-state index contributed by atoms with van der Waals surface area (Å²) in [5, 5.41) is 0. The maximum absolute atomic E-state index is 12.8. The maximum atomic E-state index is 12.8. The molecule has 0 saturated carbocycles. The van der Waals surface area contributed by atoms with Gasteiger partial charge < -0.3 is 19.1 Å². The fourth-order valence-electron chi connectivity index (χ4n) is 2.83. The molecule has 1 N–H and O–H groups in total. The molecule has 2 aromatic rings. The van der Waals surface area contributed by atoms with Crippen LogP contribution in [0.1, 0.15) is 13.8 Å². The first-order chi connectivity index (χ1) is 12.9. The van der Waals surface area contributed by atoms with E-state index in [1.807, 2.05) is 25.8 Å². The molecule has 8 heteroatoms. The van der Waals surface area contributed by atoms with Gasteiger partial charge in [0.25, 0.3) is 10.0 Å². The van der Waals surface area contributed by atoms with E-state index in [0.29, 0.717) is 49.3 Å². The molecule has 0 atom stereocenters. The van der Waals surface area contributed by atoms with E-state index >= 15 is 0 Å². The Bertz CT molecular complexity index is 914. The van der Waals surface area contributed by atoms with E-state index in [1.165, 1.54) is 0 Å². The number of nitrogens with zero attached hydrogens (tertiary/aromatic N) is 1. The minimum absolute atomic E-state index is 0.172. The van der Waals surface area contributed by atoms with Crippen LogP contribution in [0.5, 0.6) is 17.2 Å². The molecule has 1 aliphatic heterocycles. The lowest BCUT2D eigenvalue weighted by Gasteiger charge is -2.28. The normalized spacial score (nSPS) is 13.5. The molecule has 0 saturated heterocycles. The summed E-state index contributed by atoms with van der Waals surface area (Å²) in [6.45, 7) is 5.98. The van der Waals surface area contributed by atoms with Crippen molar-refractivity contribution in [1.82, 2.24) is 0 Å². The van der Waals surface area contributed by atoms with E-state index in [4.69, 9.17) is 14.2 Å². The second kappa shape index (κ2) is 7.96. The fourth-order valence-corrected chi connectivity index (χ4v) is 3.90. The Morgan fingerprint density at radius 3 is 2.56 bits per heavy atom. The summed E-state index contributed by atoms with van der Waals surface area (Å²) in [5.41, 5.74) is 1.16. The molecule has 1 aliphatic rings. The van der Waals surface area contributed by atoms with Crippen molar-refractivity contribution in [3.05, 3.63) is 36.4 Å². The second-order valence-electron chi connectivity index (χ2n) is 6.03. The van der Waals surface area contributed by atoms with Crippen LogP contribution in [0, 0.1) is 0 Å². The van der Waals surface area contributed by atoms with E-state index in [-0.39, 0.29) is 4.90 Å². The van der Waals surface area contributed by atoms with E-state index in [0.717, 1.165) is 5.69 Å². The zero-order chi connectivity index (χ0) is 19.4. The molecule has 146 valence electrons. The average Bonchev–Trinajstić information content (AvgIpc) is 2.64. The van der Waals surface area contributed by atoms with Gasteiger partial charge in [0, 0.05) is 13.1 Å².